The topological polar surface area (TPSA) is 50.1 Å². The number of hydrazine groups is 1. The van der Waals surface area contributed by atoms with E-state index in [-0.39, 0.29) is 12.1 Å². The number of rotatable bonds is 1. The molecule has 1 aliphatic rings. The molecule has 2 atom stereocenters. The van der Waals surface area contributed by atoms with Crippen LogP contribution >= 0.6 is 15.9 Å². The Labute approximate surface area is 85.8 Å². The number of halogens is 1. The van der Waals surface area contributed by atoms with E-state index in [0.29, 0.717) is 0 Å². The number of benzene rings is 1. The summed E-state index contributed by atoms with van der Waals surface area (Å²) in [5.41, 5.74) is 13.4. The smallest absolute Gasteiger partial charge is 0.0637 e. The number of nitrogens with one attached hydrogen (secondary N) is 2. The predicted molar refractivity (Wildman–Crippen MR) is 56.0 cm³/mol. The van der Waals surface area contributed by atoms with Crippen molar-refractivity contribution in [2.45, 2.75) is 12.1 Å². The Morgan fingerprint density at radius 3 is 2.77 bits per heavy atom. The lowest BCUT2D eigenvalue weighted by atomic mass is 10.0. The SMILES string of the molecule is NC1CNNC1c1ccccc1Br. The molecular formula is C9H12BrN3. The van der Waals surface area contributed by atoms with E-state index in [0.717, 1.165) is 11.0 Å². The molecule has 3 nitrogen and oxygen atoms in total. The molecule has 0 aliphatic carbocycles. The molecule has 0 aromatic heterocycles. The van der Waals surface area contributed by atoms with Gasteiger partial charge < -0.3 is 5.73 Å². The Morgan fingerprint density at radius 1 is 1.38 bits per heavy atom. The molecule has 0 amide bonds. The van der Waals surface area contributed by atoms with Crippen molar-refractivity contribution < 1.29 is 0 Å². The molecule has 0 spiro atoms. The van der Waals surface area contributed by atoms with Crippen molar-refractivity contribution in [3.8, 4) is 0 Å². The molecule has 2 unspecified atom stereocenters. The van der Waals surface area contributed by atoms with Crippen LogP contribution < -0.4 is 16.6 Å². The first-order chi connectivity index (χ1) is 6.29. The second-order valence-electron chi connectivity index (χ2n) is 3.19. The zero-order valence-electron chi connectivity index (χ0n) is 7.13. The first-order valence-corrected chi connectivity index (χ1v) is 5.07. The number of nitrogens with two attached hydrogens (primary N) is 1. The van der Waals surface area contributed by atoms with Crippen molar-refractivity contribution in [2.24, 2.45) is 5.73 Å². The maximum atomic E-state index is 5.93. The first-order valence-electron chi connectivity index (χ1n) is 4.27. The second-order valence-corrected chi connectivity index (χ2v) is 4.04. The van der Waals surface area contributed by atoms with Crippen LogP contribution in [0.2, 0.25) is 0 Å². The number of hydrogen-bond acceptors (Lipinski definition) is 3. The minimum Gasteiger partial charge on any atom is -0.325 e. The highest BCUT2D eigenvalue weighted by atomic mass is 79.9. The average molecular weight is 242 g/mol. The van der Waals surface area contributed by atoms with Gasteiger partial charge in [-0.25, -0.2) is 5.43 Å². The third-order valence-electron chi connectivity index (χ3n) is 2.26. The van der Waals surface area contributed by atoms with Gasteiger partial charge in [-0.3, -0.25) is 5.43 Å². The van der Waals surface area contributed by atoms with Gasteiger partial charge in [0.15, 0.2) is 0 Å². The molecular weight excluding hydrogens is 230 g/mol. The van der Waals surface area contributed by atoms with Gasteiger partial charge in [0.2, 0.25) is 0 Å². The minimum absolute atomic E-state index is 0.138. The summed E-state index contributed by atoms with van der Waals surface area (Å²) in [6, 6.07) is 8.47. The van der Waals surface area contributed by atoms with Gasteiger partial charge in [-0.1, -0.05) is 34.1 Å². The van der Waals surface area contributed by atoms with Gasteiger partial charge in [0.25, 0.3) is 0 Å². The van der Waals surface area contributed by atoms with Crippen molar-refractivity contribution in [3.63, 3.8) is 0 Å². The molecule has 0 bridgehead atoms. The fraction of sp³-hybridized carbons (Fsp3) is 0.333. The zero-order chi connectivity index (χ0) is 9.26. The predicted octanol–water partition coefficient (Wildman–Crippen LogP) is 0.925. The molecule has 4 heteroatoms. The Morgan fingerprint density at radius 2 is 2.15 bits per heavy atom. The fourth-order valence-corrected chi connectivity index (χ4v) is 2.08. The summed E-state index contributed by atoms with van der Waals surface area (Å²) in [5, 5.41) is 0. The van der Waals surface area contributed by atoms with Crippen LogP contribution in [0.5, 0.6) is 0 Å². The van der Waals surface area contributed by atoms with Gasteiger partial charge in [-0.15, -0.1) is 0 Å². The monoisotopic (exact) mass is 241 g/mol. The lowest BCUT2D eigenvalue weighted by Crippen LogP contribution is -2.30. The van der Waals surface area contributed by atoms with Crippen LogP contribution in [0, 0.1) is 0 Å². The quantitative estimate of drug-likeness (QED) is 0.686. The third-order valence-corrected chi connectivity index (χ3v) is 2.99. The van der Waals surface area contributed by atoms with Crippen LogP contribution in [-0.2, 0) is 0 Å². The van der Waals surface area contributed by atoms with E-state index in [1.54, 1.807) is 0 Å². The Bertz CT molecular complexity index is 303. The Balaban J connectivity index is 2.29. The first kappa shape index (κ1) is 9.15. The molecule has 2 rings (SSSR count). The van der Waals surface area contributed by atoms with Crippen LogP contribution in [0.1, 0.15) is 11.6 Å². The van der Waals surface area contributed by atoms with Crippen molar-refractivity contribution in [2.75, 3.05) is 6.54 Å². The van der Waals surface area contributed by atoms with Crippen molar-refractivity contribution in [1.82, 2.24) is 10.9 Å². The van der Waals surface area contributed by atoms with Gasteiger partial charge in [-0.2, -0.15) is 0 Å². The van der Waals surface area contributed by atoms with Crippen LogP contribution in [0.25, 0.3) is 0 Å². The molecule has 1 aromatic carbocycles. The minimum atomic E-state index is 0.138. The summed E-state index contributed by atoms with van der Waals surface area (Å²) >= 11 is 3.51. The van der Waals surface area contributed by atoms with E-state index in [1.807, 2.05) is 18.2 Å². The molecule has 1 saturated heterocycles. The van der Waals surface area contributed by atoms with E-state index >= 15 is 0 Å². The second kappa shape index (κ2) is 3.75. The summed E-state index contributed by atoms with van der Waals surface area (Å²) in [6.45, 7) is 0.812. The van der Waals surface area contributed by atoms with Gasteiger partial charge in [0.05, 0.1) is 6.04 Å². The van der Waals surface area contributed by atoms with Crippen LogP contribution in [0.4, 0.5) is 0 Å². The Kier molecular flexibility index (Phi) is 2.64. The Hall–Kier alpha value is -0.420. The molecule has 1 fully saturated rings. The van der Waals surface area contributed by atoms with Crippen LogP contribution in [0.3, 0.4) is 0 Å². The van der Waals surface area contributed by atoms with Gasteiger partial charge >= 0.3 is 0 Å². The lowest BCUT2D eigenvalue weighted by Gasteiger charge is -2.15. The largest absolute Gasteiger partial charge is 0.325 e. The summed E-state index contributed by atoms with van der Waals surface area (Å²) in [5.74, 6) is 0. The van der Waals surface area contributed by atoms with Gasteiger partial charge in [0.1, 0.15) is 0 Å². The van der Waals surface area contributed by atoms with Crippen molar-refractivity contribution in [1.29, 1.82) is 0 Å². The van der Waals surface area contributed by atoms with Crippen LogP contribution in [0.15, 0.2) is 28.7 Å². The highest BCUT2D eigenvalue weighted by Gasteiger charge is 2.25. The molecule has 70 valence electrons. The third kappa shape index (κ3) is 1.76. The highest BCUT2D eigenvalue weighted by molar-refractivity contribution is 9.10. The van der Waals surface area contributed by atoms with Gasteiger partial charge in [0, 0.05) is 17.1 Å². The molecule has 13 heavy (non-hydrogen) atoms. The van der Waals surface area contributed by atoms with Crippen molar-refractivity contribution in [3.05, 3.63) is 34.3 Å². The van der Waals surface area contributed by atoms with E-state index in [1.165, 1.54) is 5.56 Å². The van der Waals surface area contributed by atoms with E-state index < -0.39 is 0 Å². The van der Waals surface area contributed by atoms with E-state index in [9.17, 15) is 0 Å². The summed E-state index contributed by atoms with van der Waals surface area (Å²) in [7, 11) is 0. The maximum Gasteiger partial charge on any atom is 0.0637 e. The normalized spacial score (nSPS) is 27.8. The molecule has 1 aliphatic heterocycles. The summed E-state index contributed by atoms with van der Waals surface area (Å²) in [6.07, 6.45) is 0. The highest BCUT2D eigenvalue weighted by Crippen LogP contribution is 2.25. The molecule has 1 aromatic rings. The summed E-state index contributed by atoms with van der Waals surface area (Å²) in [4.78, 5) is 0. The van der Waals surface area contributed by atoms with Gasteiger partial charge in [-0.05, 0) is 11.6 Å². The molecule has 0 radical (unpaired) electrons. The maximum absolute atomic E-state index is 5.93. The molecule has 0 saturated carbocycles. The van der Waals surface area contributed by atoms with Crippen LogP contribution in [-0.4, -0.2) is 12.6 Å². The van der Waals surface area contributed by atoms with E-state index in [4.69, 9.17) is 5.73 Å². The molecule has 1 heterocycles. The zero-order valence-corrected chi connectivity index (χ0v) is 8.71. The average Bonchev–Trinajstić information content (AvgIpc) is 2.52. The lowest BCUT2D eigenvalue weighted by molar-refractivity contribution is 0.549. The van der Waals surface area contributed by atoms with Crippen molar-refractivity contribution >= 4 is 15.9 Å². The summed E-state index contributed by atoms with van der Waals surface area (Å²) < 4.78 is 1.10. The van der Waals surface area contributed by atoms with E-state index in [2.05, 4.69) is 32.8 Å². The number of hydrogen-bond donors (Lipinski definition) is 3. The standard InChI is InChI=1S/C9H12BrN3/c10-7-4-2-1-3-6(7)9-8(11)5-12-13-9/h1-4,8-9,12-13H,5,11H2. The molecule has 4 N–H and O–H groups in total. The fourth-order valence-electron chi connectivity index (χ4n) is 1.55.